The Kier molecular flexibility index (Phi) is 7.61. The van der Waals surface area contributed by atoms with Gasteiger partial charge in [-0.15, -0.1) is 22.7 Å². The van der Waals surface area contributed by atoms with Crippen LogP contribution in [-0.4, -0.2) is 30.8 Å². The zero-order valence-corrected chi connectivity index (χ0v) is 20.1. The van der Waals surface area contributed by atoms with E-state index in [1.54, 1.807) is 23.7 Å². The minimum atomic E-state index is -3.63. The molecule has 0 unspecified atom stereocenters. The lowest BCUT2D eigenvalue weighted by Gasteiger charge is -2.08. The molecule has 7 nitrogen and oxygen atoms in total. The second kappa shape index (κ2) is 10.8. The summed E-state index contributed by atoms with van der Waals surface area (Å²) < 4.78 is 27.4. The van der Waals surface area contributed by atoms with Crippen molar-refractivity contribution in [1.82, 2.24) is 20.0 Å². The van der Waals surface area contributed by atoms with E-state index in [0.29, 0.717) is 12.1 Å². The fourth-order valence-electron chi connectivity index (χ4n) is 3.07. The number of carbonyl (C=O) groups excluding carboxylic acids is 1. The highest BCUT2D eigenvalue weighted by Gasteiger charge is 2.15. The number of amides is 1. The van der Waals surface area contributed by atoms with Crippen LogP contribution in [0.5, 0.6) is 0 Å². The van der Waals surface area contributed by atoms with Crippen LogP contribution in [0.4, 0.5) is 0 Å². The average molecular weight is 499 g/mol. The summed E-state index contributed by atoms with van der Waals surface area (Å²) in [6.07, 6.45) is 5.01. The topological polar surface area (TPSA) is 101 Å². The molecule has 4 rings (SSSR count). The van der Waals surface area contributed by atoms with E-state index in [4.69, 9.17) is 0 Å². The molecule has 3 aromatic heterocycles. The molecule has 0 saturated carbocycles. The quantitative estimate of drug-likeness (QED) is 0.321. The number of nitrogens with zero attached hydrogens (tertiary/aromatic N) is 2. The van der Waals surface area contributed by atoms with Crippen LogP contribution in [0.2, 0.25) is 0 Å². The number of thiophene rings is 1. The Morgan fingerprint density at radius 3 is 2.52 bits per heavy atom. The molecule has 0 aliphatic carbocycles. The first-order valence-electron chi connectivity index (χ1n) is 10.3. The van der Waals surface area contributed by atoms with Gasteiger partial charge in [-0.25, -0.2) is 18.1 Å². The van der Waals surface area contributed by atoms with Gasteiger partial charge >= 0.3 is 0 Å². The summed E-state index contributed by atoms with van der Waals surface area (Å²) >= 11 is 3.09. The van der Waals surface area contributed by atoms with Crippen LogP contribution in [0.3, 0.4) is 0 Å². The monoisotopic (exact) mass is 498 g/mol. The SMILES string of the molecule is O=C(NCCCc1nc(-c2ccncc2)cs1)c1ccc(S(=O)(=O)NCc2cccs2)cc1. The fourth-order valence-corrected chi connectivity index (χ4v) is 5.66. The lowest BCUT2D eigenvalue weighted by atomic mass is 10.2. The third-order valence-corrected chi connectivity index (χ3v) is 8.03. The van der Waals surface area contributed by atoms with Gasteiger partial charge in [-0.1, -0.05) is 6.07 Å². The molecule has 0 fully saturated rings. The first-order valence-corrected chi connectivity index (χ1v) is 13.5. The van der Waals surface area contributed by atoms with Gasteiger partial charge < -0.3 is 5.32 Å². The molecule has 0 atom stereocenters. The van der Waals surface area contributed by atoms with E-state index in [1.807, 2.05) is 35.0 Å². The molecule has 10 heteroatoms. The zero-order valence-electron chi connectivity index (χ0n) is 17.6. The molecular weight excluding hydrogens is 476 g/mol. The van der Waals surface area contributed by atoms with Crippen molar-refractivity contribution < 1.29 is 13.2 Å². The molecule has 170 valence electrons. The van der Waals surface area contributed by atoms with E-state index < -0.39 is 10.0 Å². The largest absolute Gasteiger partial charge is 0.352 e. The number of hydrogen-bond acceptors (Lipinski definition) is 7. The van der Waals surface area contributed by atoms with E-state index in [9.17, 15) is 13.2 Å². The van der Waals surface area contributed by atoms with Gasteiger partial charge in [0, 0.05) is 53.3 Å². The number of carbonyl (C=O) groups is 1. The smallest absolute Gasteiger partial charge is 0.251 e. The van der Waals surface area contributed by atoms with Gasteiger partial charge in [0.1, 0.15) is 0 Å². The van der Waals surface area contributed by atoms with E-state index in [-0.39, 0.29) is 17.3 Å². The summed E-state index contributed by atoms with van der Waals surface area (Å²) in [6, 6.07) is 13.5. The fraction of sp³-hybridized carbons (Fsp3) is 0.174. The Morgan fingerprint density at radius 2 is 1.79 bits per heavy atom. The summed E-state index contributed by atoms with van der Waals surface area (Å²) in [5.41, 5.74) is 2.38. The molecule has 3 heterocycles. The number of aryl methyl sites for hydroxylation is 1. The van der Waals surface area contributed by atoms with E-state index in [1.165, 1.54) is 35.6 Å². The van der Waals surface area contributed by atoms with Crippen LogP contribution in [-0.2, 0) is 23.0 Å². The molecule has 2 N–H and O–H groups in total. The van der Waals surface area contributed by atoms with Crippen LogP contribution in [0.25, 0.3) is 11.3 Å². The molecule has 1 aromatic carbocycles. The van der Waals surface area contributed by atoms with E-state index in [0.717, 1.165) is 34.0 Å². The van der Waals surface area contributed by atoms with Crippen molar-refractivity contribution in [2.75, 3.05) is 6.54 Å². The predicted molar refractivity (Wildman–Crippen MR) is 131 cm³/mol. The van der Waals surface area contributed by atoms with Crippen molar-refractivity contribution in [1.29, 1.82) is 0 Å². The minimum Gasteiger partial charge on any atom is -0.352 e. The Bertz CT molecular complexity index is 1290. The van der Waals surface area contributed by atoms with Gasteiger partial charge in [0.05, 0.1) is 15.6 Å². The second-order valence-electron chi connectivity index (χ2n) is 7.15. The number of sulfonamides is 1. The van der Waals surface area contributed by atoms with Crippen LogP contribution >= 0.6 is 22.7 Å². The summed E-state index contributed by atoms with van der Waals surface area (Å²) in [5, 5.41) is 7.81. The van der Waals surface area contributed by atoms with Crippen molar-refractivity contribution >= 4 is 38.6 Å². The Hall–Kier alpha value is -2.92. The number of benzene rings is 1. The van der Waals surface area contributed by atoms with Gasteiger partial charge in [0.25, 0.3) is 5.91 Å². The summed E-state index contributed by atoms with van der Waals surface area (Å²) in [4.78, 5) is 22.1. The molecule has 0 aliphatic heterocycles. The van der Waals surface area contributed by atoms with Gasteiger partial charge in [-0.2, -0.15) is 0 Å². The van der Waals surface area contributed by atoms with Crippen molar-refractivity contribution in [3.63, 3.8) is 0 Å². The number of aromatic nitrogens is 2. The molecule has 0 aliphatic rings. The summed E-state index contributed by atoms with van der Waals surface area (Å²) in [7, 11) is -3.63. The molecule has 0 bridgehead atoms. The number of rotatable bonds is 10. The number of pyridine rings is 1. The normalized spacial score (nSPS) is 11.4. The molecule has 33 heavy (non-hydrogen) atoms. The van der Waals surface area contributed by atoms with Crippen LogP contribution < -0.4 is 10.0 Å². The maximum atomic E-state index is 12.4. The average Bonchev–Trinajstić information content (AvgIpc) is 3.53. The van der Waals surface area contributed by atoms with Crippen molar-refractivity contribution in [2.24, 2.45) is 0 Å². The first-order chi connectivity index (χ1) is 16.0. The molecule has 0 saturated heterocycles. The first kappa shape index (κ1) is 23.2. The zero-order chi connectivity index (χ0) is 23.1. The molecule has 0 spiro atoms. The lowest BCUT2D eigenvalue weighted by Crippen LogP contribution is -2.25. The lowest BCUT2D eigenvalue weighted by molar-refractivity contribution is 0.0953. The van der Waals surface area contributed by atoms with Crippen molar-refractivity contribution in [3.05, 3.63) is 87.1 Å². The maximum Gasteiger partial charge on any atom is 0.251 e. The van der Waals surface area contributed by atoms with Gasteiger partial charge in [-0.3, -0.25) is 9.78 Å². The maximum absolute atomic E-state index is 12.4. The predicted octanol–water partition coefficient (Wildman–Crippen LogP) is 4.11. The highest BCUT2D eigenvalue weighted by Crippen LogP contribution is 2.21. The van der Waals surface area contributed by atoms with Crippen LogP contribution in [0, 0.1) is 0 Å². The van der Waals surface area contributed by atoms with E-state index in [2.05, 4.69) is 20.0 Å². The number of hydrogen-bond donors (Lipinski definition) is 2. The Labute approximate surface area is 200 Å². The standard InChI is InChI=1S/C23H22N4O3S3/c28-23(25-11-1-4-22-27-21(16-32-22)17-9-12-24-13-10-17)18-5-7-20(8-6-18)33(29,30)26-15-19-3-2-14-31-19/h2-3,5-10,12-14,16,26H,1,4,11,15H2,(H,25,28). The highest BCUT2D eigenvalue weighted by molar-refractivity contribution is 7.89. The minimum absolute atomic E-state index is 0.129. The second-order valence-corrected chi connectivity index (χ2v) is 10.9. The molecule has 0 radical (unpaired) electrons. The van der Waals surface area contributed by atoms with Gasteiger partial charge in [0.2, 0.25) is 10.0 Å². The van der Waals surface area contributed by atoms with Gasteiger partial charge in [0.15, 0.2) is 0 Å². The molecule has 1 amide bonds. The molecule has 4 aromatic rings. The highest BCUT2D eigenvalue weighted by atomic mass is 32.2. The Balaban J connectivity index is 1.24. The van der Waals surface area contributed by atoms with Crippen LogP contribution in [0.15, 0.2) is 76.6 Å². The Morgan fingerprint density at radius 1 is 1.00 bits per heavy atom. The number of thiazole rings is 1. The third-order valence-electron chi connectivity index (χ3n) is 4.82. The third kappa shape index (κ3) is 6.32. The number of nitrogens with one attached hydrogen (secondary N) is 2. The van der Waals surface area contributed by atoms with Crippen molar-refractivity contribution in [2.45, 2.75) is 24.3 Å². The van der Waals surface area contributed by atoms with Gasteiger partial charge in [-0.05, 0) is 54.3 Å². The van der Waals surface area contributed by atoms with Crippen molar-refractivity contribution in [3.8, 4) is 11.3 Å². The summed E-state index contributed by atoms with van der Waals surface area (Å²) in [5.74, 6) is -0.234. The van der Waals surface area contributed by atoms with Crippen LogP contribution in [0.1, 0.15) is 26.7 Å². The van der Waals surface area contributed by atoms with E-state index >= 15 is 0 Å². The molecular formula is C23H22N4O3S3. The summed E-state index contributed by atoms with van der Waals surface area (Å²) in [6.45, 7) is 0.747.